The molecule has 0 spiro atoms. The van der Waals surface area contributed by atoms with Gasteiger partial charge in [-0.2, -0.15) is 10.5 Å². The molecule has 2 aliphatic carbocycles. The Morgan fingerprint density at radius 1 is 1.13 bits per heavy atom. The summed E-state index contributed by atoms with van der Waals surface area (Å²) in [6.07, 6.45) is 5.90. The molecule has 1 aliphatic heterocycles. The van der Waals surface area contributed by atoms with Crippen molar-refractivity contribution in [1.82, 2.24) is 14.9 Å². The van der Waals surface area contributed by atoms with Crippen molar-refractivity contribution in [2.24, 2.45) is 5.92 Å². The Hall–Kier alpha value is -3.45. The lowest BCUT2D eigenvalue weighted by Gasteiger charge is -2.41. The molecule has 31 heavy (non-hydrogen) atoms. The molecule has 1 atom stereocenters. The molecule has 2 saturated carbocycles. The molecule has 1 saturated heterocycles. The summed E-state index contributed by atoms with van der Waals surface area (Å²) in [5, 5.41) is 18.9. The highest BCUT2D eigenvalue weighted by Gasteiger charge is 2.38. The van der Waals surface area contributed by atoms with Crippen LogP contribution < -0.4 is 4.90 Å². The van der Waals surface area contributed by atoms with Crippen molar-refractivity contribution in [3.63, 3.8) is 0 Å². The van der Waals surface area contributed by atoms with E-state index in [-0.39, 0.29) is 17.9 Å². The molecular formula is C24H24N6O. The van der Waals surface area contributed by atoms with Gasteiger partial charge in [0.25, 0.3) is 0 Å². The van der Waals surface area contributed by atoms with E-state index in [1.807, 2.05) is 23.1 Å². The zero-order valence-corrected chi connectivity index (χ0v) is 17.6. The monoisotopic (exact) mass is 412 g/mol. The summed E-state index contributed by atoms with van der Waals surface area (Å²) in [5.41, 5.74) is 3.72. The molecule has 7 heteroatoms. The lowest BCUT2D eigenvalue weighted by Crippen LogP contribution is -2.54. The maximum absolute atomic E-state index is 12.5. The summed E-state index contributed by atoms with van der Waals surface area (Å²) < 4.78 is 0. The number of amides is 1. The molecule has 7 nitrogen and oxygen atoms in total. The minimum Gasteiger partial charge on any atom is -0.352 e. The normalized spacial score (nSPS) is 20.8. The van der Waals surface area contributed by atoms with Crippen LogP contribution in [0.4, 0.5) is 5.82 Å². The molecule has 2 aromatic heterocycles. The molecule has 3 heterocycles. The third-order valence-electron chi connectivity index (χ3n) is 6.44. The smallest absolute Gasteiger partial charge is 0.226 e. The fraction of sp³-hybridized carbons (Fsp3) is 0.458. The van der Waals surface area contributed by atoms with Crippen LogP contribution in [0.5, 0.6) is 0 Å². The number of hydrogen-bond donors (Lipinski definition) is 0. The van der Waals surface area contributed by atoms with E-state index in [2.05, 4.69) is 22.9 Å². The van der Waals surface area contributed by atoms with E-state index in [1.54, 1.807) is 12.3 Å². The Labute approximate surface area is 181 Å². The molecule has 1 amide bonds. The van der Waals surface area contributed by atoms with Gasteiger partial charge in [-0.25, -0.2) is 9.97 Å². The van der Waals surface area contributed by atoms with Crippen molar-refractivity contribution in [3.05, 3.63) is 41.3 Å². The molecule has 0 radical (unpaired) electrons. The Kier molecular flexibility index (Phi) is 4.82. The lowest BCUT2D eigenvalue weighted by molar-refractivity contribution is -0.134. The first-order valence-electron chi connectivity index (χ1n) is 11.0. The summed E-state index contributed by atoms with van der Waals surface area (Å²) in [7, 11) is 0. The summed E-state index contributed by atoms with van der Waals surface area (Å²) in [6.45, 7) is 4.12. The number of carbonyl (C=O) groups is 1. The van der Waals surface area contributed by atoms with Crippen LogP contribution in [0.3, 0.4) is 0 Å². The number of carbonyl (C=O) groups excluding carboxylic acids is 1. The summed E-state index contributed by atoms with van der Waals surface area (Å²) in [4.78, 5) is 25.9. The van der Waals surface area contributed by atoms with Gasteiger partial charge < -0.3 is 9.80 Å². The van der Waals surface area contributed by atoms with E-state index < -0.39 is 0 Å². The fourth-order valence-electron chi connectivity index (χ4n) is 4.40. The Morgan fingerprint density at radius 2 is 1.94 bits per heavy atom. The van der Waals surface area contributed by atoms with Gasteiger partial charge >= 0.3 is 0 Å². The third kappa shape index (κ3) is 3.72. The molecule has 5 rings (SSSR count). The van der Waals surface area contributed by atoms with Gasteiger partial charge in [-0.15, -0.1) is 0 Å². The first-order chi connectivity index (χ1) is 15.1. The van der Waals surface area contributed by atoms with E-state index in [0.717, 1.165) is 48.3 Å². The molecular weight excluding hydrogens is 388 g/mol. The molecule has 3 aliphatic rings. The van der Waals surface area contributed by atoms with Crippen LogP contribution in [-0.4, -0.2) is 46.5 Å². The minimum absolute atomic E-state index is 0.0990. The van der Waals surface area contributed by atoms with Crippen LogP contribution in [0.1, 0.15) is 55.5 Å². The van der Waals surface area contributed by atoms with Crippen LogP contribution in [0, 0.1) is 28.6 Å². The van der Waals surface area contributed by atoms with Crippen molar-refractivity contribution in [2.45, 2.75) is 44.6 Å². The van der Waals surface area contributed by atoms with Crippen molar-refractivity contribution in [2.75, 3.05) is 24.5 Å². The number of anilines is 1. The quantitative estimate of drug-likeness (QED) is 0.765. The van der Waals surface area contributed by atoms with E-state index in [4.69, 9.17) is 10.2 Å². The standard InChI is InChI=1S/C24H24N6O/c1-15-14-29(8-9-30(15)24(31)17-4-5-17)23-19(11-25)10-21(22(28-23)16-2-3-16)18-6-7-20(12-26)27-13-18/h6-7,10,13,15-17H,2-5,8-9,14H2,1H3/t15-/m1/s1. The molecule has 0 unspecified atom stereocenters. The van der Waals surface area contributed by atoms with Gasteiger partial charge in [-0.1, -0.05) is 0 Å². The molecule has 3 fully saturated rings. The minimum atomic E-state index is 0.0990. The number of piperazine rings is 1. The number of nitrogens with zero attached hydrogens (tertiary/aromatic N) is 6. The van der Waals surface area contributed by atoms with Crippen molar-refractivity contribution in [1.29, 1.82) is 10.5 Å². The highest BCUT2D eigenvalue weighted by atomic mass is 16.2. The first-order valence-corrected chi connectivity index (χ1v) is 11.0. The van der Waals surface area contributed by atoms with Crippen LogP contribution >= 0.6 is 0 Å². The molecule has 0 bridgehead atoms. The van der Waals surface area contributed by atoms with Crippen LogP contribution in [0.15, 0.2) is 24.4 Å². The van der Waals surface area contributed by atoms with Crippen molar-refractivity contribution < 1.29 is 4.79 Å². The number of pyridine rings is 2. The largest absolute Gasteiger partial charge is 0.352 e. The zero-order valence-electron chi connectivity index (χ0n) is 17.6. The highest BCUT2D eigenvalue weighted by molar-refractivity contribution is 5.81. The zero-order chi connectivity index (χ0) is 21.5. The van der Waals surface area contributed by atoms with Gasteiger partial charge in [0, 0.05) is 54.8 Å². The average molecular weight is 412 g/mol. The van der Waals surface area contributed by atoms with E-state index in [0.29, 0.717) is 36.8 Å². The summed E-state index contributed by atoms with van der Waals surface area (Å²) in [5.74, 6) is 1.62. The van der Waals surface area contributed by atoms with Gasteiger partial charge in [-0.3, -0.25) is 4.79 Å². The van der Waals surface area contributed by atoms with Gasteiger partial charge in [0.05, 0.1) is 11.3 Å². The second-order valence-corrected chi connectivity index (χ2v) is 8.82. The van der Waals surface area contributed by atoms with Crippen LogP contribution in [-0.2, 0) is 4.79 Å². The Morgan fingerprint density at radius 3 is 2.52 bits per heavy atom. The fourth-order valence-corrected chi connectivity index (χ4v) is 4.40. The van der Waals surface area contributed by atoms with Crippen molar-refractivity contribution in [3.8, 4) is 23.3 Å². The second kappa shape index (κ2) is 7.67. The van der Waals surface area contributed by atoms with Gasteiger partial charge in [0.2, 0.25) is 5.91 Å². The molecule has 0 N–H and O–H groups in total. The predicted octanol–water partition coefficient (Wildman–Crippen LogP) is 3.21. The lowest BCUT2D eigenvalue weighted by atomic mass is 10.00. The van der Waals surface area contributed by atoms with Crippen LogP contribution in [0.2, 0.25) is 0 Å². The average Bonchev–Trinajstić information content (AvgIpc) is 3.71. The predicted molar refractivity (Wildman–Crippen MR) is 115 cm³/mol. The van der Waals surface area contributed by atoms with E-state index >= 15 is 0 Å². The number of aromatic nitrogens is 2. The van der Waals surface area contributed by atoms with Gasteiger partial charge in [0.1, 0.15) is 23.7 Å². The number of rotatable bonds is 4. The maximum atomic E-state index is 12.5. The summed E-state index contributed by atoms with van der Waals surface area (Å²) >= 11 is 0. The Balaban J connectivity index is 1.47. The maximum Gasteiger partial charge on any atom is 0.226 e. The van der Waals surface area contributed by atoms with Crippen molar-refractivity contribution >= 4 is 11.7 Å². The molecule has 0 aromatic carbocycles. The third-order valence-corrected chi connectivity index (χ3v) is 6.44. The van der Waals surface area contributed by atoms with Gasteiger partial charge in [0.15, 0.2) is 0 Å². The number of hydrogen-bond acceptors (Lipinski definition) is 6. The SMILES string of the molecule is C[C@@H]1CN(c2nc(C3CC3)c(-c3ccc(C#N)nc3)cc2C#N)CCN1C(=O)C1CC1. The van der Waals surface area contributed by atoms with Gasteiger partial charge in [-0.05, 0) is 50.8 Å². The topological polar surface area (TPSA) is 96.9 Å². The van der Waals surface area contributed by atoms with Crippen LogP contribution in [0.25, 0.3) is 11.1 Å². The first kappa shape index (κ1) is 19.5. The summed E-state index contributed by atoms with van der Waals surface area (Å²) in [6, 6.07) is 9.97. The number of nitriles is 2. The molecule has 156 valence electrons. The second-order valence-electron chi connectivity index (χ2n) is 8.82. The van der Waals surface area contributed by atoms with E-state index in [9.17, 15) is 10.1 Å². The molecule has 2 aromatic rings. The highest BCUT2D eigenvalue weighted by Crippen LogP contribution is 2.45. The van der Waals surface area contributed by atoms with E-state index in [1.165, 1.54) is 0 Å². The Bertz CT molecular complexity index is 1100.